The third-order valence-electron chi connectivity index (χ3n) is 5.18. The van der Waals surface area contributed by atoms with E-state index in [-0.39, 0.29) is 5.76 Å². The first kappa shape index (κ1) is 19.6. The summed E-state index contributed by atoms with van der Waals surface area (Å²) in [5, 5.41) is 10.1. The molecule has 142 valence electrons. The maximum atomic E-state index is 9.34. The van der Waals surface area contributed by atoms with E-state index in [0.29, 0.717) is 13.0 Å². The Hall–Kier alpha value is -2.19. The summed E-state index contributed by atoms with van der Waals surface area (Å²) in [6.45, 7) is 6.35. The monoisotopic (exact) mass is 382 g/mol. The lowest BCUT2D eigenvalue weighted by molar-refractivity contribution is 0.349. The first-order chi connectivity index (χ1) is 13.1. The molecule has 0 radical (unpaired) electrons. The highest BCUT2D eigenvalue weighted by Crippen LogP contribution is 2.34. The van der Waals surface area contributed by atoms with Crippen LogP contribution < -0.4 is 4.74 Å². The molecule has 2 nitrogen and oxygen atoms in total. The van der Waals surface area contributed by atoms with E-state index in [9.17, 15) is 5.11 Å². The molecule has 0 amide bonds. The summed E-state index contributed by atoms with van der Waals surface area (Å²) in [6.07, 6.45) is 5.74. The number of hydrogen-bond donors (Lipinski definition) is 1. The van der Waals surface area contributed by atoms with E-state index < -0.39 is 0 Å². The molecule has 0 atom stereocenters. The van der Waals surface area contributed by atoms with Gasteiger partial charge in [0.2, 0.25) is 0 Å². The van der Waals surface area contributed by atoms with Crippen molar-refractivity contribution in [3.8, 4) is 5.75 Å². The lowest BCUT2D eigenvalue weighted by Gasteiger charge is -2.13. The summed E-state index contributed by atoms with van der Waals surface area (Å²) in [4.78, 5) is 0. The third-order valence-corrected chi connectivity index (χ3v) is 5.43. The lowest BCUT2D eigenvalue weighted by atomic mass is 10.00. The van der Waals surface area contributed by atoms with Crippen LogP contribution in [-0.4, -0.2) is 11.7 Å². The number of halogens is 1. The topological polar surface area (TPSA) is 29.5 Å². The molecule has 0 spiro atoms. The van der Waals surface area contributed by atoms with E-state index in [1.807, 2.05) is 18.2 Å². The second-order valence-electron chi connectivity index (χ2n) is 7.08. The molecule has 1 N–H and O–H groups in total. The normalized spacial score (nSPS) is 13.9. The first-order valence-electron chi connectivity index (χ1n) is 9.65. The van der Waals surface area contributed by atoms with Crippen LogP contribution in [0.5, 0.6) is 5.75 Å². The van der Waals surface area contributed by atoms with Gasteiger partial charge in [-0.1, -0.05) is 43.3 Å². The molecule has 3 heteroatoms. The van der Waals surface area contributed by atoms with Crippen LogP contribution in [0.2, 0.25) is 5.02 Å². The minimum absolute atomic E-state index is 0.236. The number of ether oxygens (including phenoxy) is 1. The Labute approximate surface area is 167 Å². The molecule has 0 aliphatic heterocycles. The van der Waals surface area contributed by atoms with Crippen molar-refractivity contribution in [2.45, 2.75) is 45.4 Å². The van der Waals surface area contributed by atoms with Crippen molar-refractivity contribution in [3.05, 3.63) is 82.1 Å². The average Bonchev–Trinajstić information content (AvgIpc) is 3.14. The summed E-state index contributed by atoms with van der Waals surface area (Å²) in [7, 11) is 0. The third kappa shape index (κ3) is 5.17. The molecule has 2 aromatic rings. The minimum Gasteiger partial charge on any atom is -0.513 e. The van der Waals surface area contributed by atoms with Gasteiger partial charge in [-0.2, -0.15) is 0 Å². The van der Waals surface area contributed by atoms with Crippen molar-refractivity contribution in [3.63, 3.8) is 0 Å². The number of hydrogen-bond acceptors (Lipinski definition) is 2. The van der Waals surface area contributed by atoms with Crippen molar-refractivity contribution in [1.29, 1.82) is 0 Å². The van der Waals surface area contributed by atoms with E-state index in [4.69, 9.17) is 16.3 Å². The standard InChI is InChI=1S/C24H27ClO2/c1-3-18-15-23(14-11-19(18)8-7-17(2)26)27-16-21-5-4-6-24(21)20-9-12-22(25)13-10-20/h9-15,26H,2-8,16H2,1H3. The molecule has 0 bridgehead atoms. The molecule has 2 aromatic carbocycles. The number of aliphatic hydroxyl groups excluding tert-OH is 1. The molecule has 0 fully saturated rings. The predicted octanol–water partition coefficient (Wildman–Crippen LogP) is 6.92. The van der Waals surface area contributed by atoms with Gasteiger partial charge in [0.1, 0.15) is 12.4 Å². The van der Waals surface area contributed by atoms with Crippen LogP contribution in [0, 0.1) is 0 Å². The number of rotatable bonds is 8. The molecule has 27 heavy (non-hydrogen) atoms. The first-order valence-corrected chi connectivity index (χ1v) is 10.0. The second-order valence-corrected chi connectivity index (χ2v) is 7.52. The summed E-state index contributed by atoms with van der Waals surface area (Å²) in [6, 6.07) is 14.4. The molecule has 1 aliphatic carbocycles. The number of allylic oxidation sites excluding steroid dienone is 2. The van der Waals surface area contributed by atoms with Crippen LogP contribution in [0.1, 0.15) is 49.3 Å². The highest BCUT2D eigenvalue weighted by atomic mass is 35.5. The zero-order chi connectivity index (χ0) is 19.2. The fourth-order valence-corrected chi connectivity index (χ4v) is 3.81. The number of aliphatic hydroxyl groups is 1. The smallest absolute Gasteiger partial charge is 0.120 e. The molecule has 3 rings (SSSR count). The SMILES string of the molecule is C=C(O)CCc1ccc(OCC2=C(c3ccc(Cl)cc3)CCC2)cc1CC. The van der Waals surface area contributed by atoms with E-state index in [1.54, 1.807) is 0 Å². The molecular weight excluding hydrogens is 356 g/mol. The quantitative estimate of drug-likeness (QED) is 0.502. The van der Waals surface area contributed by atoms with Gasteiger partial charge in [0, 0.05) is 11.4 Å². The van der Waals surface area contributed by atoms with Crippen molar-refractivity contribution >= 4 is 17.2 Å². The van der Waals surface area contributed by atoms with E-state index in [0.717, 1.165) is 36.5 Å². The van der Waals surface area contributed by atoms with E-state index in [1.165, 1.54) is 34.3 Å². The Kier molecular flexibility index (Phi) is 6.63. The summed E-state index contributed by atoms with van der Waals surface area (Å²) in [5.74, 6) is 1.15. The van der Waals surface area contributed by atoms with Crippen LogP contribution in [-0.2, 0) is 12.8 Å². The summed E-state index contributed by atoms with van der Waals surface area (Å²) in [5.41, 5.74) is 6.56. The van der Waals surface area contributed by atoms with Gasteiger partial charge in [0.05, 0.1) is 5.76 Å². The second kappa shape index (κ2) is 9.14. The van der Waals surface area contributed by atoms with E-state index in [2.05, 4.69) is 37.8 Å². The Morgan fingerprint density at radius 3 is 2.59 bits per heavy atom. The van der Waals surface area contributed by atoms with Gasteiger partial charge >= 0.3 is 0 Å². The van der Waals surface area contributed by atoms with Gasteiger partial charge < -0.3 is 9.84 Å². The van der Waals surface area contributed by atoms with Crippen molar-refractivity contribution in [2.24, 2.45) is 0 Å². The molecule has 0 heterocycles. The molecule has 0 unspecified atom stereocenters. The Balaban J connectivity index is 1.70. The molecule has 0 saturated heterocycles. The van der Waals surface area contributed by atoms with Gasteiger partial charge in [0.25, 0.3) is 0 Å². The van der Waals surface area contributed by atoms with Crippen molar-refractivity contribution in [1.82, 2.24) is 0 Å². The largest absolute Gasteiger partial charge is 0.513 e. The Morgan fingerprint density at radius 1 is 1.11 bits per heavy atom. The highest BCUT2D eigenvalue weighted by molar-refractivity contribution is 6.30. The van der Waals surface area contributed by atoms with E-state index >= 15 is 0 Å². The van der Waals surface area contributed by atoms with Crippen LogP contribution in [0.3, 0.4) is 0 Å². The Morgan fingerprint density at radius 2 is 1.89 bits per heavy atom. The highest BCUT2D eigenvalue weighted by Gasteiger charge is 2.17. The van der Waals surface area contributed by atoms with Gasteiger partial charge in [-0.15, -0.1) is 0 Å². The summed E-state index contributed by atoms with van der Waals surface area (Å²) >= 11 is 6.02. The maximum absolute atomic E-state index is 9.34. The van der Waals surface area contributed by atoms with Gasteiger partial charge in [-0.05, 0) is 84.2 Å². The van der Waals surface area contributed by atoms with Gasteiger partial charge in [-0.3, -0.25) is 0 Å². The molecule has 0 aromatic heterocycles. The maximum Gasteiger partial charge on any atom is 0.120 e. The molecular formula is C24H27ClO2. The van der Waals surface area contributed by atoms with Gasteiger partial charge in [0.15, 0.2) is 0 Å². The zero-order valence-corrected chi connectivity index (χ0v) is 16.7. The lowest BCUT2D eigenvalue weighted by Crippen LogP contribution is -2.03. The average molecular weight is 383 g/mol. The minimum atomic E-state index is 0.236. The fourth-order valence-electron chi connectivity index (χ4n) is 3.68. The predicted molar refractivity (Wildman–Crippen MR) is 114 cm³/mol. The summed E-state index contributed by atoms with van der Waals surface area (Å²) < 4.78 is 6.14. The zero-order valence-electron chi connectivity index (χ0n) is 15.9. The van der Waals surface area contributed by atoms with Crippen molar-refractivity contribution < 1.29 is 9.84 Å². The molecule has 0 saturated carbocycles. The number of aryl methyl sites for hydroxylation is 2. The van der Waals surface area contributed by atoms with Crippen LogP contribution >= 0.6 is 11.6 Å². The Bertz CT molecular complexity index is 834. The molecule has 1 aliphatic rings. The van der Waals surface area contributed by atoms with Crippen molar-refractivity contribution in [2.75, 3.05) is 6.61 Å². The van der Waals surface area contributed by atoms with Crippen LogP contribution in [0.15, 0.2) is 60.4 Å². The van der Waals surface area contributed by atoms with Crippen LogP contribution in [0.4, 0.5) is 0 Å². The van der Waals surface area contributed by atoms with Gasteiger partial charge in [-0.25, -0.2) is 0 Å². The van der Waals surface area contributed by atoms with Crippen LogP contribution in [0.25, 0.3) is 5.57 Å². The fraction of sp³-hybridized carbons (Fsp3) is 0.333. The number of benzene rings is 2.